The summed E-state index contributed by atoms with van der Waals surface area (Å²) in [6.07, 6.45) is -0.0432. The van der Waals surface area contributed by atoms with Gasteiger partial charge in [-0.2, -0.15) is 0 Å². The Labute approximate surface area is 102 Å². The maximum atomic E-state index is 10.9. The summed E-state index contributed by atoms with van der Waals surface area (Å²) in [5, 5.41) is 8.75. The van der Waals surface area contributed by atoms with E-state index < -0.39 is 11.9 Å². The highest BCUT2D eigenvalue weighted by molar-refractivity contribution is 9.10. The number of halogens is 1. The van der Waals surface area contributed by atoms with Crippen LogP contribution in [-0.2, 0) is 9.59 Å². The van der Waals surface area contributed by atoms with Crippen molar-refractivity contribution < 1.29 is 14.7 Å². The molecule has 0 radical (unpaired) electrons. The summed E-state index contributed by atoms with van der Waals surface area (Å²) >= 11 is 3.29. The molecule has 1 amide bonds. The molecule has 0 aliphatic carbocycles. The maximum absolute atomic E-state index is 10.9. The summed E-state index contributed by atoms with van der Waals surface area (Å²) in [6, 6.07) is 7.21. The third-order valence-electron chi connectivity index (χ3n) is 2.21. The first-order chi connectivity index (χ1) is 7.49. The quantitative estimate of drug-likeness (QED) is 0.867. The molecule has 4 nitrogen and oxygen atoms in total. The maximum Gasteiger partial charge on any atom is 0.303 e. The Bertz CT molecular complexity index is 373. The highest BCUT2D eigenvalue weighted by Crippen LogP contribution is 2.24. The number of primary amides is 1. The van der Waals surface area contributed by atoms with Gasteiger partial charge >= 0.3 is 5.97 Å². The summed E-state index contributed by atoms with van der Waals surface area (Å²) in [5.74, 6) is -1.79. The van der Waals surface area contributed by atoms with Crippen LogP contribution in [0, 0.1) is 0 Å². The Morgan fingerprint density at radius 2 is 1.81 bits per heavy atom. The normalized spacial score (nSPS) is 12.1. The van der Waals surface area contributed by atoms with Crippen LogP contribution in [0.1, 0.15) is 24.3 Å². The van der Waals surface area contributed by atoms with E-state index in [-0.39, 0.29) is 18.8 Å². The fourth-order valence-corrected chi connectivity index (χ4v) is 1.76. The van der Waals surface area contributed by atoms with Crippen molar-refractivity contribution >= 4 is 27.8 Å². The van der Waals surface area contributed by atoms with Crippen molar-refractivity contribution in [1.29, 1.82) is 0 Å². The van der Waals surface area contributed by atoms with Gasteiger partial charge in [0.1, 0.15) is 0 Å². The average Bonchev–Trinajstić information content (AvgIpc) is 2.16. The molecule has 0 bridgehead atoms. The minimum atomic E-state index is -0.936. The first kappa shape index (κ1) is 12.7. The number of hydrogen-bond acceptors (Lipinski definition) is 2. The van der Waals surface area contributed by atoms with Crippen LogP contribution < -0.4 is 5.73 Å². The SMILES string of the molecule is NC(=O)C[C@@H](CC(=O)O)c1ccc(Br)cc1. The van der Waals surface area contributed by atoms with Gasteiger partial charge < -0.3 is 10.8 Å². The lowest BCUT2D eigenvalue weighted by molar-refractivity contribution is -0.137. The summed E-state index contributed by atoms with van der Waals surface area (Å²) in [5.41, 5.74) is 5.90. The van der Waals surface area contributed by atoms with Crippen molar-refractivity contribution in [3.8, 4) is 0 Å². The van der Waals surface area contributed by atoms with Crippen LogP contribution in [0.2, 0.25) is 0 Å². The fourth-order valence-electron chi connectivity index (χ4n) is 1.50. The fraction of sp³-hybridized carbons (Fsp3) is 0.273. The molecule has 0 saturated carbocycles. The minimum Gasteiger partial charge on any atom is -0.481 e. The zero-order valence-corrected chi connectivity index (χ0v) is 10.1. The second-order valence-corrected chi connectivity index (χ2v) is 4.43. The Balaban J connectivity index is 2.86. The second kappa shape index (κ2) is 5.65. The van der Waals surface area contributed by atoms with Crippen LogP contribution >= 0.6 is 15.9 Å². The monoisotopic (exact) mass is 285 g/mol. The predicted molar refractivity (Wildman–Crippen MR) is 62.9 cm³/mol. The third kappa shape index (κ3) is 4.02. The molecule has 0 spiro atoms. The van der Waals surface area contributed by atoms with Gasteiger partial charge in [-0.25, -0.2) is 0 Å². The number of carbonyl (C=O) groups is 2. The number of carboxylic acids is 1. The van der Waals surface area contributed by atoms with E-state index in [1.807, 2.05) is 12.1 Å². The topological polar surface area (TPSA) is 80.4 Å². The predicted octanol–water partition coefficient (Wildman–Crippen LogP) is 1.88. The van der Waals surface area contributed by atoms with E-state index in [1.54, 1.807) is 12.1 Å². The molecule has 1 atom stereocenters. The van der Waals surface area contributed by atoms with Gasteiger partial charge in [-0.1, -0.05) is 28.1 Å². The van der Waals surface area contributed by atoms with Crippen LogP contribution in [-0.4, -0.2) is 17.0 Å². The van der Waals surface area contributed by atoms with Crippen molar-refractivity contribution in [2.45, 2.75) is 18.8 Å². The van der Waals surface area contributed by atoms with E-state index in [0.29, 0.717) is 0 Å². The summed E-state index contributed by atoms with van der Waals surface area (Å²) in [4.78, 5) is 21.5. The average molecular weight is 286 g/mol. The van der Waals surface area contributed by atoms with Crippen LogP contribution in [0.15, 0.2) is 28.7 Å². The summed E-state index contributed by atoms with van der Waals surface area (Å²) < 4.78 is 0.907. The van der Waals surface area contributed by atoms with Crippen LogP contribution in [0.25, 0.3) is 0 Å². The highest BCUT2D eigenvalue weighted by Gasteiger charge is 2.17. The lowest BCUT2D eigenvalue weighted by atomic mass is 9.92. The smallest absolute Gasteiger partial charge is 0.303 e. The number of rotatable bonds is 5. The Morgan fingerprint density at radius 1 is 1.25 bits per heavy atom. The number of carboxylic acid groups (broad SMARTS) is 1. The molecule has 86 valence electrons. The standard InChI is InChI=1S/C11H12BrNO3/c12-9-3-1-7(2-4-9)8(5-10(13)14)6-11(15)16/h1-4,8H,5-6H2,(H2,13,14)(H,15,16)/t8-/m0/s1. The molecular formula is C11H12BrNO3. The van der Waals surface area contributed by atoms with Crippen molar-refractivity contribution in [1.82, 2.24) is 0 Å². The van der Waals surface area contributed by atoms with Crippen molar-refractivity contribution in [3.05, 3.63) is 34.3 Å². The summed E-state index contributed by atoms with van der Waals surface area (Å²) in [7, 11) is 0. The first-order valence-corrected chi connectivity index (χ1v) is 5.54. The number of hydrogen-bond donors (Lipinski definition) is 2. The lowest BCUT2D eigenvalue weighted by Crippen LogP contribution is -2.17. The highest BCUT2D eigenvalue weighted by atomic mass is 79.9. The third-order valence-corrected chi connectivity index (χ3v) is 2.74. The van der Waals surface area contributed by atoms with Gasteiger partial charge in [-0.05, 0) is 17.7 Å². The molecule has 0 fully saturated rings. The van der Waals surface area contributed by atoms with E-state index in [2.05, 4.69) is 15.9 Å². The number of amides is 1. The molecule has 0 unspecified atom stereocenters. The van der Waals surface area contributed by atoms with Gasteiger partial charge in [0.15, 0.2) is 0 Å². The molecule has 1 rings (SSSR count). The van der Waals surface area contributed by atoms with Gasteiger partial charge in [0.25, 0.3) is 0 Å². The van der Waals surface area contributed by atoms with E-state index in [4.69, 9.17) is 10.8 Å². The molecular weight excluding hydrogens is 274 g/mol. The zero-order chi connectivity index (χ0) is 12.1. The second-order valence-electron chi connectivity index (χ2n) is 3.52. The number of nitrogens with two attached hydrogens (primary N) is 1. The molecule has 1 aromatic carbocycles. The zero-order valence-electron chi connectivity index (χ0n) is 8.52. The molecule has 0 heterocycles. The van der Waals surface area contributed by atoms with Crippen molar-refractivity contribution in [2.75, 3.05) is 0 Å². The van der Waals surface area contributed by atoms with Gasteiger partial charge in [-0.3, -0.25) is 9.59 Å². The van der Waals surface area contributed by atoms with E-state index in [9.17, 15) is 9.59 Å². The van der Waals surface area contributed by atoms with Crippen molar-refractivity contribution in [3.63, 3.8) is 0 Å². The van der Waals surface area contributed by atoms with Gasteiger partial charge in [0.2, 0.25) is 5.91 Å². The molecule has 0 aliphatic heterocycles. The van der Waals surface area contributed by atoms with E-state index in [1.165, 1.54) is 0 Å². The molecule has 3 N–H and O–H groups in total. The first-order valence-electron chi connectivity index (χ1n) is 4.74. The number of benzene rings is 1. The molecule has 5 heteroatoms. The van der Waals surface area contributed by atoms with E-state index >= 15 is 0 Å². The number of aliphatic carboxylic acids is 1. The van der Waals surface area contributed by atoms with Crippen LogP contribution in [0.3, 0.4) is 0 Å². The van der Waals surface area contributed by atoms with Gasteiger partial charge in [0, 0.05) is 16.8 Å². The largest absolute Gasteiger partial charge is 0.481 e. The van der Waals surface area contributed by atoms with Crippen molar-refractivity contribution in [2.24, 2.45) is 5.73 Å². The number of carbonyl (C=O) groups excluding carboxylic acids is 1. The molecule has 0 aromatic heterocycles. The van der Waals surface area contributed by atoms with Crippen LogP contribution in [0.5, 0.6) is 0 Å². The van der Waals surface area contributed by atoms with Crippen LogP contribution in [0.4, 0.5) is 0 Å². The summed E-state index contributed by atoms with van der Waals surface area (Å²) in [6.45, 7) is 0. The molecule has 0 saturated heterocycles. The lowest BCUT2D eigenvalue weighted by Gasteiger charge is -2.13. The Morgan fingerprint density at radius 3 is 2.25 bits per heavy atom. The van der Waals surface area contributed by atoms with Gasteiger partial charge in [-0.15, -0.1) is 0 Å². The molecule has 0 aliphatic rings. The van der Waals surface area contributed by atoms with Gasteiger partial charge in [0.05, 0.1) is 6.42 Å². The van der Waals surface area contributed by atoms with E-state index in [0.717, 1.165) is 10.0 Å². The Kier molecular flexibility index (Phi) is 4.49. The minimum absolute atomic E-state index is 0.0495. The Hall–Kier alpha value is -1.36. The molecule has 16 heavy (non-hydrogen) atoms. The molecule has 1 aromatic rings.